The van der Waals surface area contributed by atoms with Crippen LogP contribution in [-0.2, 0) is 19.5 Å². The highest BCUT2D eigenvalue weighted by molar-refractivity contribution is 9.11. The zero-order chi connectivity index (χ0) is 14.5. The molecule has 2 N–H and O–H groups in total. The zero-order valence-corrected chi connectivity index (χ0v) is 14.5. The maximum atomic E-state index is 9.69. The molecule has 2 rings (SSSR count). The first-order chi connectivity index (χ1) is 9.61. The van der Waals surface area contributed by atoms with Gasteiger partial charge in [0.25, 0.3) is 0 Å². The van der Waals surface area contributed by atoms with Crippen molar-refractivity contribution in [3.05, 3.63) is 62.0 Å². The molecular weight excluding hydrogens is 382 g/mol. The second-order valence-corrected chi connectivity index (χ2v) is 6.34. The quantitative estimate of drug-likeness (QED) is 0.760. The van der Waals surface area contributed by atoms with Crippen molar-refractivity contribution < 1.29 is 5.11 Å². The molecule has 2 nitrogen and oxygen atoms in total. The lowest BCUT2D eigenvalue weighted by molar-refractivity contribution is 0.468. The topological polar surface area (TPSA) is 32.3 Å². The van der Waals surface area contributed by atoms with Crippen LogP contribution in [-0.4, -0.2) is 5.11 Å². The van der Waals surface area contributed by atoms with Gasteiger partial charge in [0.1, 0.15) is 5.75 Å². The minimum Gasteiger partial charge on any atom is -0.506 e. The van der Waals surface area contributed by atoms with E-state index >= 15 is 0 Å². The molecular formula is C16H17Br2NO. The summed E-state index contributed by atoms with van der Waals surface area (Å²) in [6, 6.07) is 12.3. The van der Waals surface area contributed by atoms with Gasteiger partial charge in [0, 0.05) is 13.1 Å². The number of phenols is 1. The van der Waals surface area contributed by atoms with Crippen LogP contribution in [0.1, 0.15) is 23.6 Å². The maximum Gasteiger partial charge on any atom is 0.143 e. The van der Waals surface area contributed by atoms with E-state index in [9.17, 15) is 5.11 Å². The van der Waals surface area contributed by atoms with Crippen molar-refractivity contribution in [3.63, 3.8) is 0 Å². The average molecular weight is 399 g/mol. The molecule has 0 amide bonds. The summed E-state index contributed by atoms with van der Waals surface area (Å²) in [5, 5.41) is 13.1. The van der Waals surface area contributed by atoms with Gasteiger partial charge in [-0.25, -0.2) is 0 Å². The third-order valence-corrected chi connectivity index (χ3v) is 4.43. The number of rotatable bonds is 5. The van der Waals surface area contributed by atoms with Gasteiger partial charge in [-0.1, -0.05) is 31.2 Å². The average Bonchev–Trinajstić information content (AvgIpc) is 2.45. The Labute approximate surface area is 136 Å². The predicted molar refractivity (Wildman–Crippen MR) is 89.9 cm³/mol. The Morgan fingerprint density at radius 1 is 1.00 bits per heavy atom. The maximum absolute atomic E-state index is 9.69. The highest BCUT2D eigenvalue weighted by atomic mass is 79.9. The molecule has 0 fully saturated rings. The van der Waals surface area contributed by atoms with Crippen LogP contribution in [0.5, 0.6) is 5.75 Å². The van der Waals surface area contributed by atoms with Crippen molar-refractivity contribution in [1.82, 2.24) is 5.32 Å². The van der Waals surface area contributed by atoms with Gasteiger partial charge in [-0.3, -0.25) is 0 Å². The van der Waals surface area contributed by atoms with Crippen LogP contribution < -0.4 is 5.32 Å². The van der Waals surface area contributed by atoms with E-state index < -0.39 is 0 Å². The number of benzene rings is 2. The van der Waals surface area contributed by atoms with Gasteiger partial charge in [-0.2, -0.15) is 0 Å². The van der Waals surface area contributed by atoms with Crippen LogP contribution in [0.25, 0.3) is 0 Å². The Hall–Kier alpha value is -0.840. The SMILES string of the molecule is CCc1ccccc1CNCc1cc(Br)c(O)c(Br)c1. The highest BCUT2D eigenvalue weighted by Gasteiger charge is 2.06. The van der Waals surface area contributed by atoms with Crippen molar-refractivity contribution >= 4 is 31.9 Å². The Morgan fingerprint density at radius 3 is 2.20 bits per heavy atom. The van der Waals surface area contributed by atoms with Crippen molar-refractivity contribution in [1.29, 1.82) is 0 Å². The fraction of sp³-hybridized carbons (Fsp3) is 0.250. The van der Waals surface area contributed by atoms with E-state index in [0.717, 1.165) is 25.1 Å². The molecule has 0 aliphatic heterocycles. The number of aromatic hydroxyl groups is 1. The van der Waals surface area contributed by atoms with Crippen molar-refractivity contribution in [2.75, 3.05) is 0 Å². The third kappa shape index (κ3) is 3.84. The summed E-state index contributed by atoms with van der Waals surface area (Å²) < 4.78 is 1.41. The molecule has 0 spiro atoms. The first-order valence-corrected chi connectivity index (χ1v) is 8.14. The second kappa shape index (κ2) is 7.25. The molecule has 0 saturated heterocycles. The Kier molecular flexibility index (Phi) is 5.64. The molecule has 4 heteroatoms. The van der Waals surface area contributed by atoms with Gasteiger partial charge in [0.2, 0.25) is 0 Å². The summed E-state index contributed by atoms with van der Waals surface area (Å²) in [6.07, 6.45) is 1.05. The minimum atomic E-state index is 0.241. The summed E-state index contributed by atoms with van der Waals surface area (Å²) in [4.78, 5) is 0. The van der Waals surface area contributed by atoms with E-state index in [4.69, 9.17) is 0 Å². The van der Waals surface area contributed by atoms with E-state index in [0.29, 0.717) is 8.95 Å². The number of halogens is 2. The fourth-order valence-electron chi connectivity index (χ4n) is 2.14. The van der Waals surface area contributed by atoms with Gasteiger partial charge < -0.3 is 10.4 Å². The standard InChI is InChI=1S/C16H17Br2NO/c1-2-12-5-3-4-6-13(12)10-19-9-11-7-14(17)16(20)15(18)8-11/h3-8,19-20H,2,9-10H2,1H3. The van der Waals surface area contributed by atoms with E-state index in [2.05, 4.69) is 68.4 Å². The number of nitrogens with one attached hydrogen (secondary N) is 1. The lowest BCUT2D eigenvalue weighted by Gasteiger charge is -2.10. The van der Waals surface area contributed by atoms with E-state index in [-0.39, 0.29) is 5.75 Å². The van der Waals surface area contributed by atoms with Crippen molar-refractivity contribution in [2.24, 2.45) is 0 Å². The lowest BCUT2D eigenvalue weighted by atomic mass is 10.1. The van der Waals surface area contributed by atoms with E-state index in [1.54, 1.807) is 0 Å². The summed E-state index contributed by atoms with van der Waals surface area (Å²) in [5.74, 6) is 0.241. The first kappa shape index (κ1) is 15.5. The molecule has 20 heavy (non-hydrogen) atoms. The fourth-order valence-corrected chi connectivity index (χ4v) is 3.42. The molecule has 0 aliphatic carbocycles. The molecule has 0 aromatic heterocycles. The molecule has 0 heterocycles. The highest BCUT2D eigenvalue weighted by Crippen LogP contribution is 2.33. The van der Waals surface area contributed by atoms with Gasteiger partial charge >= 0.3 is 0 Å². The largest absolute Gasteiger partial charge is 0.506 e. The third-order valence-electron chi connectivity index (χ3n) is 3.22. The predicted octanol–water partition coefficient (Wildman–Crippen LogP) is 4.77. The molecule has 0 radical (unpaired) electrons. The van der Waals surface area contributed by atoms with Gasteiger partial charge in [-0.05, 0) is 67.1 Å². The van der Waals surface area contributed by atoms with Crippen LogP contribution in [0, 0.1) is 0 Å². The lowest BCUT2D eigenvalue weighted by Crippen LogP contribution is -2.14. The molecule has 0 atom stereocenters. The number of hydrogen-bond donors (Lipinski definition) is 2. The number of aryl methyl sites for hydroxylation is 1. The molecule has 2 aromatic carbocycles. The Balaban J connectivity index is 1.99. The number of hydrogen-bond acceptors (Lipinski definition) is 2. The molecule has 0 aliphatic rings. The van der Waals surface area contributed by atoms with Crippen molar-refractivity contribution in [3.8, 4) is 5.75 Å². The van der Waals surface area contributed by atoms with Gasteiger partial charge in [-0.15, -0.1) is 0 Å². The minimum absolute atomic E-state index is 0.241. The first-order valence-electron chi connectivity index (χ1n) is 6.56. The van der Waals surface area contributed by atoms with Gasteiger partial charge in [0.05, 0.1) is 8.95 Å². The molecule has 0 saturated carbocycles. The van der Waals surface area contributed by atoms with Crippen LogP contribution >= 0.6 is 31.9 Å². The normalized spacial score (nSPS) is 10.8. The Bertz CT molecular complexity index is 576. The van der Waals surface area contributed by atoms with Crippen molar-refractivity contribution in [2.45, 2.75) is 26.4 Å². The summed E-state index contributed by atoms with van der Waals surface area (Å²) in [7, 11) is 0. The monoisotopic (exact) mass is 397 g/mol. The summed E-state index contributed by atoms with van der Waals surface area (Å²) in [5.41, 5.74) is 3.84. The molecule has 0 bridgehead atoms. The summed E-state index contributed by atoms with van der Waals surface area (Å²) >= 11 is 6.70. The molecule has 2 aromatic rings. The van der Waals surface area contributed by atoms with Crippen LogP contribution in [0.4, 0.5) is 0 Å². The van der Waals surface area contributed by atoms with E-state index in [1.807, 2.05) is 12.1 Å². The molecule has 0 unspecified atom stereocenters. The zero-order valence-electron chi connectivity index (χ0n) is 11.3. The van der Waals surface area contributed by atoms with Crippen LogP contribution in [0.2, 0.25) is 0 Å². The second-order valence-electron chi connectivity index (χ2n) is 4.63. The molecule has 106 valence electrons. The van der Waals surface area contributed by atoms with Crippen LogP contribution in [0.15, 0.2) is 45.3 Å². The van der Waals surface area contributed by atoms with E-state index in [1.165, 1.54) is 11.1 Å². The Morgan fingerprint density at radius 2 is 1.60 bits per heavy atom. The summed E-state index contributed by atoms with van der Waals surface area (Å²) in [6.45, 7) is 3.78. The smallest absolute Gasteiger partial charge is 0.143 e. The van der Waals surface area contributed by atoms with Crippen LogP contribution in [0.3, 0.4) is 0 Å². The van der Waals surface area contributed by atoms with Gasteiger partial charge in [0.15, 0.2) is 0 Å². The number of phenolic OH excluding ortho intramolecular Hbond substituents is 1.